The Balaban J connectivity index is 2.25. The third-order valence-corrected chi connectivity index (χ3v) is 4.03. The van der Waals surface area contributed by atoms with E-state index in [9.17, 15) is 14.4 Å². The summed E-state index contributed by atoms with van der Waals surface area (Å²) >= 11 is 0. The molecule has 0 aromatic carbocycles. The van der Waals surface area contributed by atoms with Crippen molar-refractivity contribution in [3.05, 3.63) is 12.2 Å². The maximum Gasteiger partial charge on any atom is 0.408 e. The summed E-state index contributed by atoms with van der Waals surface area (Å²) in [7, 11) is 0. The van der Waals surface area contributed by atoms with Crippen molar-refractivity contribution in [3.8, 4) is 0 Å². The number of hydrogen-bond acceptors (Lipinski definition) is 4. The molecule has 1 heterocycles. The third kappa shape index (κ3) is 10.6. The summed E-state index contributed by atoms with van der Waals surface area (Å²) in [4.78, 5) is 37.4. The predicted molar refractivity (Wildman–Crippen MR) is 105 cm³/mol. The summed E-state index contributed by atoms with van der Waals surface area (Å²) in [5, 5.41) is 5.27. The van der Waals surface area contributed by atoms with E-state index in [1.807, 2.05) is 11.0 Å². The molecule has 2 N–H and O–H groups in total. The molecular formula is C20H35N3O4. The Morgan fingerprint density at radius 1 is 1.04 bits per heavy atom. The van der Waals surface area contributed by atoms with Crippen molar-refractivity contribution < 1.29 is 19.1 Å². The molecule has 0 unspecified atom stereocenters. The number of alkyl carbamates (subject to hydrolysis) is 1. The number of nitrogens with one attached hydrogen (secondary N) is 2. The molecular weight excluding hydrogens is 346 g/mol. The van der Waals surface area contributed by atoms with Crippen LogP contribution in [0.1, 0.15) is 54.4 Å². The van der Waals surface area contributed by atoms with Crippen LogP contribution in [0, 0.1) is 11.3 Å². The monoisotopic (exact) mass is 381 g/mol. The van der Waals surface area contributed by atoms with Gasteiger partial charge >= 0.3 is 6.09 Å². The van der Waals surface area contributed by atoms with Gasteiger partial charge in [-0.2, -0.15) is 0 Å². The Morgan fingerprint density at radius 2 is 1.63 bits per heavy atom. The van der Waals surface area contributed by atoms with Crippen LogP contribution >= 0.6 is 0 Å². The third-order valence-electron chi connectivity index (χ3n) is 4.03. The maximum atomic E-state index is 12.2. The van der Waals surface area contributed by atoms with Crippen molar-refractivity contribution in [2.75, 3.05) is 26.2 Å². The first-order valence-corrected chi connectivity index (χ1v) is 9.57. The molecule has 154 valence electrons. The number of piperidine rings is 1. The van der Waals surface area contributed by atoms with Crippen LogP contribution in [0.3, 0.4) is 0 Å². The van der Waals surface area contributed by atoms with E-state index in [2.05, 4.69) is 31.4 Å². The zero-order valence-electron chi connectivity index (χ0n) is 17.6. The van der Waals surface area contributed by atoms with Crippen molar-refractivity contribution >= 4 is 17.9 Å². The largest absolute Gasteiger partial charge is 0.444 e. The number of nitrogens with zero attached hydrogens (tertiary/aromatic N) is 1. The highest BCUT2D eigenvalue weighted by atomic mass is 16.6. The summed E-state index contributed by atoms with van der Waals surface area (Å²) < 4.78 is 5.08. The summed E-state index contributed by atoms with van der Waals surface area (Å²) in [5.41, 5.74) is -0.598. The van der Waals surface area contributed by atoms with Crippen molar-refractivity contribution in [1.29, 1.82) is 0 Å². The second-order valence-corrected chi connectivity index (χ2v) is 9.13. The van der Waals surface area contributed by atoms with Gasteiger partial charge in [-0.15, -0.1) is 0 Å². The maximum absolute atomic E-state index is 12.2. The van der Waals surface area contributed by atoms with E-state index in [4.69, 9.17) is 4.74 Å². The van der Waals surface area contributed by atoms with Gasteiger partial charge in [0.2, 0.25) is 11.8 Å². The van der Waals surface area contributed by atoms with Gasteiger partial charge < -0.3 is 20.3 Å². The van der Waals surface area contributed by atoms with E-state index in [0.29, 0.717) is 25.6 Å². The van der Waals surface area contributed by atoms with Crippen LogP contribution in [-0.2, 0) is 14.3 Å². The topological polar surface area (TPSA) is 87.7 Å². The molecule has 0 bridgehead atoms. The van der Waals surface area contributed by atoms with E-state index in [-0.39, 0.29) is 23.8 Å². The van der Waals surface area contributed by atoms with Gasteiger partial charge in [0.25, 0.3) is 0 Å². The number of amides is 3. The first kappa shape index (κ1) is 23.0. The SMILES string of the molecule is CC(C)(C)/C=C/C(=O)N1CCC(CNC(=O)CNC(=O)OC(C)(C)C)CC1. The lowest BCUT2D eigenvalue weighted by Gasteiger charge is -2.31. The number of hydrogen-bond donors (Lipinski definition) is 2. The number of allylic oxidation sites excluding steroid dienone is 1. The van der Waals surface area contributed by atoms with Gasteiger partial charge in [-0.25, -0.2) is 4.79 Å². The molecule has 3 amide bonds. The van der Waals surface area contributed by atoms with Gasteiger partial charge in [0, 0.05) is 19.6 Å². The number of likely N-dealkylation sites (tertiary alicyclic amines) is 1. The molecule has 7 heteroatoms. The van der Waals surface area contributed by atoms with Gasteiger partial charge in [-0.05, 0) is 51.0 Å². The second-order valence-electron chi connectivity index (χ2n) is 9.13. The Hall–Kier alpha value is -2.05. The van der Waals surface area contributed by atoms with Crippen molar-refractivity contribution in [3.63, 3.8) is 0 Å². The fourth-order valence-electron chi connectivity index (χ4n) is 2.57. The molecule has 1 rings (SSSR count). The summed E-state index contributed by atoms with van der Waals surface area (Å²) in [5.74, 6) is 0.146. The van der Waals surface area contributed by atoms with Crippen molar-refractivity contribution in [1.82, 2.24) is 15.5 Å². The van der Waals surface area contributed by atoms with Crippen LogP contribution in [0.5, 0.6) is 0 Å². The number of carbonyl (C=O) groups is 3. The lowest BCUT2D eigenvalue weighted by Crippen LogP contribution is -2.43. The highest BCUT2D eigenvalue weighted by molar-refractivity contribution is 5.87. The highest BCUT2D eigenvalue weighted by Crippen LogP contribution is 2.18. The second kappa shape index (κ2) is 9.76. The summed E-state index contributed by atoms with van der Waals surface area (Å²) in [6, 6.07) is 0. The van der Waals surface area contributed by atoms with E-state index in [1.54, 1.807) is 26.8 Å². The fourth-order valence-corrected chi connectivity index (χ4v) is 2.57. The Kier molecular flexibility index (Phi) is 8.31. The zero-order chi connectivity index (χ0) is 20.7. The van der Waals surface area contributed by atoms with Crippen LogP contribution < -0.4 is 10.6 Å². The molecule has 0 radical (unpaired) electrons. The lowest BCUT2D eigenvalue weighted by atomic mass is 9.95. The van der Waals surface area contributed by atoms with Crippen LogP contribution in [0.15, 0.2) is 12.2 Å². The minimum Gasteiger partial charge on any atom is -0.444 e. The Bertz CT molecular complexity index is 551. The molecule has 1 aliphatic heterocycles. The molecule has 0 aromatic rings. The van der Waals surface area contributed by atoms with Crippen LogP contribution in [-0.4, -0.2) is 54.6 Å². The van der Waals surface area contributed by atoms with Crippen LogP contribution in [0.25, 0.3) is 0 Å². The quantitative estimate of drug-likeness (QED) is 0.716. The van der Waals surface area contributed by atoms with Gasteiger partial charge in [0.05, 0.1) is 6.54 Å². The van der Waals surface area contributed by atoms with E-state index in [1.165, 1.54) is 0 Å². The standard InChI is InChI=1S/C20H35N3O4/c1-19(2,3)10-7-17(25)23-11-8-15(9-12-23)13-21-16(24)14-22-18(26)27-20(4,5)6/h7,10,15H,8-9,11-14H2,1-6H3,(H,21,24)(H,22,26)/b10-7+. The number of ether oxygens (including phenoxy) is 1. The minimum absolute atomic E-state index is 0.00833. The van der Waals surface area contributed by atoms with Gasteiger partial charge in [0.1, 0.15) is 5.60 Å². The molecule has 0 aliphatic carbocycles. The summed E-state index contributed by atoms with van der Waals surface area (Å²) in [6.07, 6.45) is 4.70. The molecule has 0 saturated carbocycles. The summed E-state index contributed by atoms with van der Waals surface area (Å²) in [6.45, 7) is 13.3. The van der Waals surface area contributed by atoms with Crippen molar-refractivity contribution in [2.24, 2.45) is 11.3 Å². The van der Waals surface area contributed by atoms with E-state index >= 15 is 0 Å². The molecule has 0 spiro atoms. The molecule has 7 nitrogen and oxygen atoms in total. The predicted octanol–water partition coefficient (Wildman–Crippen LogP) is 2.47. The van der Waals surface area contributed by atoms with E-state index < -0.39 is 11.7 Å². The van der Waals surface area contributed by atoms with Gasteiger partial charge in [-0.3, -0.25) is 9.59 Å². The Labute approximate surface area is 162 Å². The average molecular weight is 382 g/mol. The smallest absolute Gasteiger partial charge is 0.408 e. The van der Waals surface area contributed by atoms with Crippen molar-refractivity contribution in [2.45, 2.75) is 60.0 Å². The number of rotatable bonds is 5. The molecule has 0 aromatic heterocycles. The normalized spacial score (nSPS) is 16.3. The van der Waals surface area contributed by atoms with Gasteiger partial charge in [0.15, 0.2) is 0 Å². The van der Waals surface area contributed by atoms with Crippen LogP contribution in [0.2, 0.25) is 0 Å². The van der Waals surface area contributed by atoms with Gasteiger partial charge in [-0.1, -0.05) is 26.8 Å². The number of carbonyl (C=O) groups excluding carboxylic acids is 3. The molecule has 1 saturated heterocycles. The molecule has 1 fully saturated rings. The highest BCUT2D eigenvalue weighted by Gasteiger charge is 2.22. The minimum atomic E-state index is -0.604. The molecule has 1 aliphatic rings. The fraction of sp³-hybridized carbons (Fsp3) is 0.750. The lowest BCUT2D eigenvalue weighted by molar-refractivity contribution is -0.127. The average Bonchev–Trinajstić information content (AvgIpc) is 2.54. The van der Waals surface area contributed by atoms with E-state index in [0.717, 1.165) is 12.8 Å². The molecule has 0 atom stereocenters. The van der Waals surface area contributed by atoms with Crippen LogP contribution in [0.4, 0.5) is 4.79 Å². The first-order valence-electron chi connectivity index (χ1n) is 9.57. The first-order chi connectivity index (χ1) is 12.4. The zero-order valence-corrected chi connectivity index (χ0v) is 17.6. The molecule has 27 heavy (non-hydrogen) atoms. The Morgan fingerprint density at radius 3 is 2.15 bits per heavy atom.